The molecule has 1 aromatic rings. The van der Waals surface area contributed by atoms with Gasteiger partial charge in [0.2, 0.25) is 5.91 Å². The third-order valence-electron chi connectivity index (χ3n) is 6.17. The van der Waals surface area contributed by atoms with Gasteiger partial charge in [-0.15, -0.1) is 11.3 Å². The molecule has 0 unspecified atom stereocenters. The number of thiazole rings is 1. The van der Waals surface area contributed by atoms with E-state index in [0.29, 0.717) is 12.5 Å². The highest BCUT2D eigenvalue weighted by atomic mass is 32.1. The van der Waals surface area contributed by atoms with Crippen LogP contribution in [0, 0.1) is 6.92 Å². The van der Waals surface area contributed by atoms with Crippen molar-refractivity contribution in [2.75, 3.05) is 39.3 Å². The Morgan fingerprint density at radius 1 is 1.08 bits per heavy atom. The van der Waals surface area contributed by atoms with E-state index in [1.165, 1.54) is 58.3 Å². The van der Waals surface area contributed by atoms with Crippen LogP contribution in [0.4, 0.5) is 0 Å². The molecule has 0 spiro atoms. The van der Waals surface area contributed by atoms with Gasteiger partial charge in [-0.25, -0.2) is 4.98 Å². The summed E-state index contributed by atoms with van der Waals surface area (Å²) in [4.78, 5) is 25.1. The van der Waals surface area contributed by atoms with Gasteiger partial charge in [-0.3, -0.25) is 14.6 Å². The van der Waals surface area contributed by atoms with Gasteiger partial charge in [-0.05, 0) is 19.8 Å². The Bertz CT molecular complexity index is 584. The third-order valence-corrected chi connectivity index (χ3v) is 7.08. The number of aryl methyl sites for hydroxylation is 1. The van der Waals surface area contributed by atoms with Gasteiger partial charge in [0.15, 0.2) is 0 Å². The van der Waals surface area contributed by atoms with Crippen LogP contribution in [0.15, 0.2) is 6.20 Å². The summed E-state index contributed by atoms with van der Waals surface area (Å²) < 4.78 is 0. The predicted molar refractivity (Wildman–Crippen MR) is 101 cm³/mol. The zero-order valence-corrected chi connectivity index (χ0v) is 16.1. The van der Waals surface area contributed by atoms with Crippen molar-refractivity contribution >= 4 is 17.2 Å². The zero-order chi connectivity index (χ0) is 17.2. The van der Waals surface area contributed by atoms with Crippen molar-refractivity contribution in [3.05, 3.63) is 16.1 Å². The number of amides is 1. The summed E-state index contributed by atoms with van der Waals surface area (Å²) in [6.45, 7) is 8.62. The molecule has 0 atom stereocenters. The molecule has 25 heavy (non-hydrogen) atoms. The van der Waals surface area contributed by atoms with E-state index in [1.807, 2.05) is 18.0 Å². The maximum Gasteiger partial charge on any atom is 0.227 e. The van der Waals surface area contributed by atoms with E-state index in [2.05, 4.69) is 14.8 Å². The first-order valence-electron chi connectivity index (χ1n) is 9.86. The summed E-state index contributed by atoms with van der Waals surface area (Å²) in [5.74, 6) is 0.265. The number of aromatic nitrogens is 1. The fourth-order valence-corrected chi connectivity index (χ4v) is 5.34. The summed E-state index contributed by atoms with van der Waals surface area (Å²) in [7, 11) is 0. The van der Waals surface area contributed by atoms with E-state index >= 15 is 0 Å². The van der Waals surface area contributed by atoms with Gasteiger partial charge >= 0.3 is 0 Å². The number of nitrogens with zero attached hydrogens (tertiary/aromatic N) is 4. The third kappa shape index (κ3) is 4.07. The minimum Gasteiger partial charge on any atom is -0.339 e. The van der Waals surface area contributed by atoms with E-state index < -0.39 is 0 Å². The summed E-state index contributed by atoms with van der Waals surface area (Å²) >= 11 is 1.64. The van der Waals surface area contributed by atoms with Crippen LogP contribution < -0.4 is 0 Å². The molecule has 6 heteroatoms. The molecule has 0 bridgehead atoms. The first-order chi connectivity index (χ1) is 12.2. The number of rotatable bonds is 4. The average molecular weight is 363 g/mol. The quantitative estimate of drug-likeness (QED) is 0.823. The second kappa shape index (κ2) is 7.72. The van der Waals surface area contributed by atoms with Gasteiger partial charge in [0, 0.05) is 62.4 Å². The molecule has 0 aromatic carbocycles. The number of carbonyl (C=O) groups is 1. The first kappa shape index (κ1) is 17.4. The monoisotopic (exact) mass is 362 g/mol. The van der Waals surface area contributed by atoms with Crippen LogP contribution >= 0.6 is 11.3 Å². The van der Waals surface area contributed by atoms with Crippen molar-refractivity contribution in [3.63, 3.8) is 0 Å². The highest BCUT2D eigenvalue weighted by Crippen LogP contribution is 2.25. The van der Waals surface area contributed by atoms with E-state index in [1.54, 1.807) is 11.3 Å². The van der Waals surface area contributed by atoms with E-state index in [4.69, 9.17) is 0 Å². The smallest absolute Gasteiger partial charge is 0.227 e. The van der Waals surface area contributed by atoms with Crippen molar-refractivity contribution in [2.24, 2.45) is 0 Å². The molecule has 1 saturated carbocycles. The second-order valence-corrected chi connectivity index (χ2v) is 9.16. The van der Waals surface area contributed by atoms with Crippen LogP contribution in [0.25, 0.3) is 0 Å². The maximum atomic E-state index is 12.4. The Labute approximate surface area is 155 Å². The fourth-order valence-electron chi connectivity index (χ4n) is 4.55. The van der Waals surface area contributed by atoms with Crippen LogP contribution in [0.1, 0.15) is 42.0 Å². The topological polar surface area (TPSA) is 39.7 Å². The van der Waals surface area contributed by atoms with Gasteiger partial charge in [0.1, 0.15) is 0 Å². The summed E-state index contributed by atoms with van der Waals surface area (Å²) in [6, 6.07) is 1.43. The Hall–Kier alpha value is -0.980. The summed E-state index contributed by atoms with van der Waals surface area (Å²) in [5.41, 5.74) is 0. The van der Waals surface area contributed by atoms with Crippen LogP contribution in [0.2, 0.25) is 0 Å². The highest BCUT2D eigenvalue weighted by molar-refractivity contribution is 7.11. The molecule has 1 amide bonds. The SMILES string of the molecule is Cc1ncc(CC(=O)N2CC(N3CCN(C4CCCCC4)CC3)C2)s1. The molecule has 3 aliphatic rings. The fraction of sp³-hybridized carbons (Fsp3) is 0.789. The Morgan fingerprint density at radius 2 is 1.72 bits per heavy atom. The molecular weight excluding hydrogens is 332 g/mol. The molecule has 3 heterocycles. The molecule has 3 fully saturated rings. The van der Waals surface area contributed by atoms with Gasteiger partial charge in [-0.2, -0.15) is 0 Å². The maximum absolute atomic E-state index is 12.4. The molecule has 1 aromatic heterocycles. The summed E-state index contributed by atoms with van der Waals surface area (Å²) in [6.07, 6.45) is 9.45. The van der Waals surface area contributed by atoms with Crippen molar-refractivity contribution in [2.45, 2.75) is 57.5 Å². The van der Waals surface area contributed by atoms with Crippen LogP contribution in [0.5, 0.6) is 0 Å². The molecule has 1 aliphatic carbocycles. The zero-order valence-electron chi connectivity index (χ0n) is 15.3. The first-order valence-corrected chi connectivity index (χ1v) is 10.7. The van der Waals surface area contributed by atoms with Crippen LogP contribution in [0.3, 0.4) is 0 Å². The van der Waals surface area contributed by atoms with Crippen molar-refractivity contribution < 1.29 is 4.79 Å². The van der Waals surface area contributed by atoms with Crippen LogP contribution in [-0.4, -0.2) is 76.9 Å². The minimum atomic E-state index is 0.265. The lowest BCUT2D eigenvalue weighted by Gasteiger charge is -2.49. The molecule has 0 N–H and O–H groups in total. The van der Waals surface area contributed by atoms with Crippen molar-refractivity contribution in [3.8, 4) is 0 Å². The minimum absolute atomic E-state index is 0.265. The Kier molecular flexibility index (Phi) is 5.39. The van der Waals surface area contributed by atoms with Gasteiger partial charge in [0.05, 0.1) is 11.4 Å². The standard InChI is InChI=1S/C19H30N4OS/c1-15-20-12-18(25-15)11-19(24)23-13-17(14-23)22-9-7-21(8-10-22)16-5-3-2-4-6-16/h12,16-17H,2-11,13-14H2,1H3. The van der Waals surface area contributed by atoms with E-state index in [0.717, 1.165) is 29.0 Å². The van der Waals surface area contributed by atoms with Crippen molar-refractivity contribution in [1.29, 1.82) is 0 Å². The van der Waals surface area contributed by atoms with Crippen LogP contribution in [-0.2, 0) is 11.2 Å². The molecular formula is C19H30N4OS. The van der Waals surface area contributed by atoms with Gasteiger partial charge in [-0.1, -0.05) is 19.3 Å². The van der Waals surface area contributed by atoms with Crippen molar-refractivity contribution in [1.82, 2.24) is 19.7 Å². The number of piperazine rings is 1. The Balaban J connectivity index is 1.19. The lowest BCUT2D eigenvalue weighted by Crippen LogP contribution is -2.65. The van der Waals surface area contributed by atoms with Gasteiger partial charge in [0.25, 0.3) is 0 Å². The molecule has 5 nitrogen and oxygen atoms in total. The molecule has 138 valence electrons. The highest BCUT2D eigenvalue weighted by Gasteiger charge is 2.36. The summed E-state index contributed by atoms with van der Waals surface area (Å²) in [5, 5.41) is 1.04. The normalized spacial score (nSPS) is 24.4. The lowest BCUT2D eigenvalue weighted by molar-refractivity contribution is -0.138. The van der Waals surface area contributed by atoms with Gasteiger partial charge < -0.3 is 4.90 Å². The van der Waals surface area contributed by atoms with E-state index in [9.17, 15) is 4.79 Å². The number of hydrogen-bond donors (Lipinski definition) is 0. The number of likely N-dealkylation sites (tertiary alicyclic amines) is 1. The Morgan fingerprint density at radius 3 is 2.32 bits per heavy atom. The predicted octanol–water partition coefficient (Wildman–Crippen LogP) is 2.16. The number of hydrogen-bond acceptors (Lipinski definition) is 5. The molecule has 4 rings (SSSR count). The second-order valence-electron chi connectivity index (χ2n) is 7.84. The van der Waals surface area contributed by atoms with E-state index in [-0.39, 0.29) is 5.91 Å². The lowest BCUT2D eigenvalue weighted by atomic mass is 9.93. The largest absolute Gasteiger partial charge is 0.339 e. The average Bonchev–Trinajstić information content (AvgIpc) is 3.00. The molecule has 2 saturated heterocycles. The molecule has 2 aliphatic heterocycles. The number of carbonyl (C=O) groups excluding carboxylic acids is 1. The molecule has 0 radical (unpaired) electrons.